The summed E-state index contributed by atoms with van der Waals surface area (Å²) >= 11 is 0. The first-order valence-corrected chi connectivity index (χ1v) is 7.33. The van der Waals surface area contributed by atoms with E-state index >= 15 is 0 Å². The molecule has 0 spiro atoms. The molecular weight excluding hydrogens is 222 g/mol. The molecule has 1 aromatic rings. The molecule has 2 unspecified atom stereocenters. The molecule has 0 bridgehead atoms. The topological polar surface area (TPSA) is 21.3 Å². The molecule has 1 heterocycles. The molecule has 100 valence electrons. The zero-order chi connectivity index (χ0) is 13.0. The zero-order valence-corrected chi connectivity index (χ0v) is 11.8. The normalized spacial score (nSPS) is 21.7. The number of aryl methyl sites for hydroxylation is 1. The van der Waals surface area contributed by atoms with Gasteiger partial charge in [-0.1, -0.05) is 39.3 Å². The maximum Gasteiger partial charge on any atom is 0.124 e. The molecule has 0 saturated carbocycles. The Morgan fingerprint density at radius 3 is 2.67 bits per heavy atom. The van der Waals surface area contributed by atoms with E-state index in [-0.39, 0.29) is 0 Å². The number of hydrogen-bond donors (Lipinski definition) is 1. The van der Waals surface area contributed by atoms with E-state index in [1.807, 2.05) is 0 Å². The Kier molecular flexibility index (Phi) is 4.65. The molecule has 0 amide bonds. The summed E-state index contributed by atoms with van der Waals surface area (Å²) in [5, 5.41) is 3.63. The predicted molar refractivity (Wildman–Crippen MR) is 76.2 cm³/mol. The minimum atomic E-state index is 0.295. The summed E-state index contributed by atoms with van der Waals surface area (Å²) in [6.45, 7) is 7.69. The first-order valence-electron chi connectivity index (χ1n) is 7.33. The maximum atomic E-state index is 6.04. The summed E-state index contributed by atoms with van der Waals surface area (Å²) in [5.74, 6) is 1.08. The highest BCUT2D eigenvalue weighted by Crippen LogP contribution is 2.38. The van der Waals surface area contributed by atoms with Crippen LogP contribution in [0.15, 0.2) is 18.2 Å². The van der Waals surface area contributed by atoms with Gasteiger partial charge in [0.2, 0.25) is 0 Å². The van der Waals surface area contributed by atoms with Gasteiger partial charge in [-0.05, 0) is 37.4 Å². The van der Waals surface area contributed by atoms with E-state index in [1.54, 1.807) is 0 Å². The molecule has 0 aromatic heterocycles. The highest BCUT2D eigenvalue weighted by atomic mass is 16.5. The number of rotatable bonds is 6. The molecule has 18 heavy (non-hydrogen) atoms. The second-order valence-electron chi connectivity index (χ2n) is 5.12. The van der Waals surface area contributed by atoms with Crippen LogP contribution in [-0.4, -0.2) is 12.6 Å². The molecule has 2 nitrogen and oxygen atoms in total. The van der Waals surface area contributed by atoms with Gasteiger partial charge in [0.25, 0.3) is 0 Å². The number of ether oxygens (including phenoxy) is 1. The molecule has 0 aliphatic carbocycles. The Morgan fingerprint density at radius 2 is 2.00 bits per heavy atom. The van der Waals surface area contributed by atoms with Gasteiger partial charge in [0.1, 0.15) is 11.9 Å². The van der Waals surface area contributed by atoms with Crippen LogP contribution in [0.2, 0.25) is 0 Å². The van der Waals surface area contributed by atoms with Crippen LogP contribution < -0.4 is 10.1 Å². The minimum absolute atomic E-state index is 0.295. The van der Waals surface area contributed by atoms with Crippen molar-refractivity contribution in [3.8, 4) is 5.75 Å². The second-order valence-corrected chi connectivity index (χ2v) is 5.12. The van der Waals surface area contributed by atoms with Gasteiger partial charge in [0.05, 0.1) is 6.04 Å². The first kappa shape index (κ1) is 13.4. The Bertz CT molecular complexity index is 389. The third kappa shape index (κ3) is 2.69. The molecule has 0 saturated heterocycles. The summed E-state index contributed by atoms with van der Waals surface area (Å²) in [5.41, 5.74) is 2.79. The van der Waals surface area contributed by atoms with E-state index in [0.717, 1.165) is 31.6 Å². The van der Waals surface area contributed by atoms with Crippen molar-refractivity contribution in [2.24, 2.45) is 0 Å². The van der Waals surface area contributed by atoms with Crippen molar-refractivity contribution >= 4 is 0 Å². The van der Waals surface area contributed by atoms with Crippen LogP contribution >= 0.6 is 0 Å². The number of hydrogen-bond acceptors (Lipinski definition) is 2. The molecule has 1 N–H and O–H groups in total. The summed E-state index contributed by atoms with van der Waals surface area (Å²) in [7, 11) is 0. The van der Waals surface area contributed by atoms with Crippen LogP contribution in [0.4, 0.5) is 0 Å². The van der Waals surface area contributed by atoms with E-state index in [4.69, 9.17) is 4.74 Å². The van der Waals surface area contributed by atoms with Gasteiger partial charge in [-0.25, -0.2) is 0 Å². The second kappa shape index (κ2) is 6.24. The lowest BCUT2D eigenvalue weighted by molar-refractivity contribution is 0.185. The number of benzene rings is 1. The maximum absolute atomic E-state index is 6.04. The van der Waals surface area contributed by atoms with Gasteiger partial charge in [0, 0.05) is 5.56 Å². The zero-order valence-electron chi connectivity index (χ0n) is 11.8. The van der Waals surface area contributed by atoms with Crippen molar-refractivity contribution in [2.75, 3.05) is 6.54 Å². The molecule has 1 aliphatic heterocycles. The lowest BCUT2D eigenvalue weighted by atomic mass is 9.98. The molecule has 1 aromatic carbocycles. The van der Waals surface area contributed by atoms with Crippen LogP contribution in [0.1, 0.15) is 57.2 Å². The molecular formula is C16H25NO. The highest BCUT2D eigenvalue weighted by molar-refractivity contribution is 5.43. The quantitative estimate of drug-likeness (QED) is 0.824. The van der Waals surface area contributed by atoms with Gasteiger partial charge in [-0.2, -0.15) is 0 Å². The van der Waals surface area contributed by atoms with E-state index in [1.165, 1.54) is 17.5 Å². The first-order chi connectivity index (χ1) is 8.80. The van der Waals surface area contributed by atoms with Gasteiger partial charge in [0.15, 0.2) is 0 Å². The summed E-state index contributed by atoms with van der Waals surface area (Å²) < 4.78 is 6.04. The van der Waals surface area contributed by atoms with Crippen LogP contribution in [0.25, 0.3) is 0 Å². The largest absolute Gasteiger partial charge is 0.488 e. The van der Waals surface area contributed by atoms with Crippen molar-refractivity contribution in [1.29, 1.82) is 0 Å². The molecule has 2 rings (SSSR count). The summed E-state index contributed by atoms with van der Waals surface area (Å²) in [6.07, 6.45) is 4.87. The number of nitrogens with one attached hydrogen (secondary N) is 1. The van der Waals surface area contributed by atoms with Crippen molar-refractivity contribution in [1.82, 2.24) is 5.32 Å². The van der Waals surface area contributed by atoms with Crippen molar-refractivity contribution in [2.45, 2.75) is 58.6 Å². The monoisotopic (exact) mass is 247 g/mol. The average molecular weight is 247 g/mol. The Hall–Kier alpha value is -1.02. The molecule has 0 fully saturated rings. The van der Waals surface area contributed by atoms with Gasteiger partial charge < -0.3 is 10.1 Å². The predicted octanol–water partition coefficient (Wildman–Crippen LogP) is 3.85. The fourth-order valence-corrected chi connectivity index (χ4v) is 2.68. The molecule has 0 radical (unpaired) electrons. The van der Waals surface area contributed by atoms with E-state index in [2.05, 4.69) is 44.3 Å². The lowest BCUT2D eigenvalue weighted by Gasteiger charge is -2.18. The van der Waals surface area contributed by atoms with Crippen molar-refractivity contribution < 1.29 is 4.74 Å². The van der Waals surface area contributed by atoms with Gasteiger partial charge >= 0.3 is 0 Å². The Morgan fingerprint density at radius 1 is 1.17 bits per heavy atom. The van der Waals surface area contributed by atoms with Crippen LogP contribution in [0, 0.1) is 0 Å². The van der Waals surface area contributed by atoms with Crippen LogP contribution in [0.3, 0.4) is 0 Å². The van der Waals surface area contributed by atoms with Gasteiger partial charge in [-0.15, -0.1) is 0 Å². The fourth-order valence-electron chi connectivity index (χ4n) is 2.68. The Labute approximate surface area is 111 Å². The van der Waals surface area contributed by atoms with E-state index in [0.29, 0.717) is 12.1 Å². The Balaban J connectivity index is 2.21. The number of fused-ring (bicyclic) bond motifs is 1. The standard InChI is InChI=1S/C16H25NO/c1-4-7-12-8-9-15-13(11-12)16(17-10-5-2)14(6-3)18-15/h8-9,11,14,16-17H,4-7,10H2,1-3H3. The van der Waals surface area contributed by atoms with E-state index < -0.39 is 0 Å². The smallest absolute Gasteiger partial charge is 0.124 e. The van der Waals surface area contributed by atoms with Crippen molar-refractivity contribution in [3.63, 3.8) is 0 Å². The third-order valence-corrected chi connectivity index (χ3v) is 3.61. The van der Waals surface area contributed by atoms with E-state index in [9.17, 15) is 0 Å². The fraction of sp³-hybridized carbons (Fsp3) is 0.625. The lowest BCUT2D eigenvalue weighted by Crippen LogP contribution is -2.31. The minimum Gasteiger partial charge on any atom is -0.488 e. The molecule has 2 atom stereocenters. The molecule has 2 heteroatoms. The van der Waals surface area contributed by atoms with Crippen LogP contribution in [-0.2, 0) is 6.42 Å². The van der Waals surface area contributed by atoms with Gasteiger partial charge in [-0.3, -0.25) is 0 Å². The van der Waals surface area contributed by atoms with Crippen LogP contribution in [0.5, 0.6) is 5.75 Å². The summed E-state index contributed by atoms with van der Waals surface area (Å²) in [4.78, 5) is 0. The molecule has 1 aliphatic rings. The average Bonchev–Trinajstić information content (AvgIpc) is 2.74. The highest BCUT2D eigenvalue weighted by Gasteiger charge is 2.32. The SMILES string of the molecule is CCCNC1c2cc(CCC)ccc2OC1CC. The van der Waals surface area contributed by atoms with Crippen molar-refractivity contribution in [3.05, 3.63) is 29.3 Å². The third-order valence-electron chi connectivity index (χ3n) is 3.61. The summed E-state index contributed by atoms with van der Waals surface area (Å²) in [6, 6.07) is 7.07.